The predicted octanol–water partition coefficient (Wildman–Crippen LogP) is 1.94. The van der Waals surface area contributed by atoms with E-state index < -0.39 is 22.2 Å². The fourth-order valence-corrected chi connectivity index (χ4v) is 3.83. The summed E-state index contributed by atoms with van der Waals surface area (Å²) in [7, 11) is -3.90. The number of hydrogen-bond acceptors (Lipinski definition) is 3. The molecule has 0 radical (unpaired) electrons. The number of rotatable bonds is 4. The minimum Gasteiger partial charge on any atom is -0.480 e. The summed E-state index contributed by atoms with van der Waals surface area (Å²) < 4.78 is 27.9. The van der Waals surface area contributed by atoms with Crippen LogP contribution < -0.4 is 4.72 Å². The van der Waals surface area contributed by atoms with E-state index in [2.05, 4.69) is 4.72 Å². The van der Waals surface area contributed by atoms with Crippen molar-refractivity contribution in [2.75, 3.05) is 11.3 Å². The molecule has 0 bridgehead atoms. The molecule has 0 spiro atoms. The quantitative estimate of drug-likeness (QED) is 0.888. The highest BCUT2D eigenvalue weighted by molar-refractivity contribution is 7.90. The minimum absolute atomic E-state index is 0.201. The summed E-state index contributed by atoms with van der Waals surface area (Å²) in [5.41, 5.74) is 0.312. The van der Waals surface area contributed by atoms with Gasteiger partial charge in [0.25, 0.3) is 0 Å². The molecule has 0 aromatic heterocycles. The van der Waals surface area contributed by atoms with Gasteiger partial charge in [-0.2, -0.15) is 12.7 Å². The minimum atomic E-state index is -3.90. The van der Waals surface area contributed by atoms with Gasteiger partial charge in [-0.1, -0.05) is 17.7 Å². The maximum Gasteiger partial charge on any atom is 0.322 e. The van der Waals surface area contributed by atoms with Crippen LogP contribution in [0.25, 0.3) is 0 Å². The van der Waals surface area contributed by atoms with Crippen LogP contribution in [0.1, 0.15) is 19.3 Å². The van der Waals surface area contributed by atoms with Crippen LogP contribution in [0.15, 0.2) is 24.3 Å². The number of hydrogen-bond donors (Lipinski definition) is 2. The molecular formula is C12H15ClN2O4S. The van der Waals surface area contributed by atoms with Crippen LogP contribution in [0.3, 0.4) is 0 Å². The van der Waals surface area contributed by atoms with Gasteiger partial charge in [0.15, 0.2) is 0 Å². The summed E-state index contributed by atoms with van der Waals surface area (Å²) in [5, 5.41) is 9.53. The molecule has 1 atom stereocenters. The third-order valence-electron chi connectivity index (χ3n) is 3.12. The van der Waals surface area contributed by atoms with E-state index >= 15 is 0 Å². The summed E-state index contributed by atoms with van der Waals surface area (Å²) in [6.45, 7) is 0.201. The molecule has 2 rings (SSSR count). The summed E-state index contributed by atoms with van der Waals surface area (Å²) >= 11 is 5.80. The van der Waals surface area contributed by atoms with Crippen molar-refractivity contribution >= 4 is 33.5 Å². The normalized spacial score (nSPS) is 20.6. The van der Waals surface area contributed by atoms with Crippen LogP contribution in [0, 0.1) is 0 Å². The lowest BCUT2D eigenvalue weighted by molar-refractivity contribution is -0.142. The highest BCUT2D eigenvalue weighted by atomic mass is 35.5. The van der Waals surface area contributed by atoms with E-state index in [4.69, 9.17) is 16.7 Å². The van der Waals surface area contributed by atoms with Crippen LogP contribution in [-0.4, -0.2) is 36.4 Å². The van der Waals surface area contributed by atoms with E-state index in [-0.39, 0.29) is 6.54 Å². The van der Waals surface area contributed by atoms with Gasteiger partial charge in [-0.3, -0.25) is 9.52 Å². The van der Waals surface area contributed by atoms with Crippen molar-refractivity contribution < 1.29 is 18.3 Å². The SMILES string of the molecule is O=C(O)C1CCCCN1S(=O)(=O)Nc1cccc(Cl)c1. The van der Waals surface area contributed by atoms with Crippen LogP contribution in [0.5, 0.6) is 0 Å². The predicted molar refractivity (Wildman–Crippen MR) is 76.0 cm³/mol. The van der Waals surface area contributed by atoms with E-state index in [0.717, 1.165) is 4.31 Å². The second-order valence-corrected chi connectivity index (χ2v) is 6.64. The van der Waals surface area contributed by atoms with E-state index in [1.807, 2.05) is 0 Å². The second kappa shape index (κ2) is 5.99. The molecule has 1 saturated heterocycles. The fourth-order valence-electron chi connectivity index (χ4n) is 2.20. The van der Waals surface area contributed by atoms with Crippen LogP contribution in [0.4, 0.5) is 5.69 Å². The number of nitrogens with one attached hydrogen (secondary N) is 1. The number of carbonyl (C=O) groups is 1. The van der Waals surface area contributed by atoms with Gasteiger partial charge < -0.3 is 5.11 Å². The lowest BCUT2D eigenvalue weighted by Crippen LogP contribution is -2.49. The third-order valence-corrected chi connectivity index (χ3v) is 4.90. The van der Waals surface area contributed by atoms with E-state index in [0.29, 0.717) is 30.0 Å². The molecule has 6 nitrogen and oxygen atoms in total. The zero-order valence-corrected chi connectivity index (χ0v) is 12.2. The highest BCUT2D eigenvalue weighted by Gasteiger charge is 2.36. The summed E-state index contributed by atoms with van der Waals surface area (Å²) in [4.78, 5) is 11.2. The van der Waals surface area contributed by atoms with E-state index in [1.54, 1.807) is 18.2 Å². The van der Waals surface area contributed by atoms with Crippen molar-refractivity contribution in [1.29, 1.82) is 0 Å². The molecular weight excluding hydrogens is 304 g/mol. The van der Waals surface area contributed by atoms with Gasteiger partial charge >= 0.3 is 16.2 Å². The van der Waals surface area contributed by atoms with Crippen molar-refractivity contribution in [3.63, 3.8) is 0 Å². The molecule has 2 N–H and O–H groups in total. The maximum absolute atomic E-state index is 12.3. The Morgan fingerprint density at radius 3 is 2.80 bits per heavy atom. The first-order valence-electron chi connectivity index (χ1n) is 6.18. The Kier molecular flexibility index (Phi) is 4.52. The monoisotopic (exact) mass is 318 g/mol. The Labute approximate surface area is 122 Å². The first-order valence-corrected chi connectivity index (χ1v) is 8.00. The highest BCUT2D eigenvalue weighted by Crippen LogP contribution is 2.23. The molecule has 8 heteroatoms. The number of nitrogens with zero attached hydrogens (tertiary/aromatic N) is 1. The number of carboxylic acids is 1. The summed E-state index contributed by atoms with van der Waals surface area (Å²) in [6.07, 6.45) is 1.69. The maximum atomic E-state index is 12.3. The molecule has 1 heterocycles. The Morgan fingerprint density at radius 1 is 1.40 bits per heavy atom. The van der Waals surface area contributed by atoms with Crippen molar-refractivity contribution in [1.82, 2.24) is 4.31 Å². The molecule has 0 saturated carbocycles. The molecule has 1 aromatic rings. The molecule has 1 fully saturated rings. The van der Waals surface area contributed by atoms with Gasteiger partial charge in [-0.05, 0) is 37.5 Å². The molecule has 1 unspecified atom stereocenters. The molecule has 20 heavy (non-hydrogen) atoms. The van der Waals surface area contributed by atoms with E-state index in [1.165, 1.54) is 6.07 Å². The number of benzene rings is 1. The number of piperidine rings is 1. The van der Waals surface area contributed by atoms with Gasteiger partial charge in [-0.25, -0.2) is 0 Å². The van der Waals surface area contributed by atoms with Crippen LogP contribution >= 0.6 is 11.6 Å². The lowest BCUT2D eigenvalue weighted by Gasteiger charge is -2.31. The zero-order chi connectivity index (χ0) is 14.8. The zero-order valence-electron chi connectivity index (χ0n) is 10.6. The molecule has 1 aromatic carbocycles. The van der Waals surface area contributed by atoms with Crippen molar-refractivity contribution in [3.8, 4) is 0 Å². The van der Waals surface area contributed by atoms with Gasteiger partial charge in [0.1, 0.15) is 6.04 Å². The number of carboxylic acid groups (broad SMARTS) is 1. The van der Waals surface area contributed by atoms with Crippen LogP contribution in [0.2, 0.25) is 5.02 Å². The summed E-state index contributed by atoms with van der Waals surface area (Å²) in [5.74, 6) is -1.12. The molecule has 1 aliphatic heterocycles. The third kappa shape index (κ3) is 3.41. The van der Waals surface area contributed by atoms with Crippen molar-refractivity contribution in [2.24, 2.45) is 0 Å². The van der Waals surface area contributed by atoms with Crippen LogP contribution in [-0.2, 0) is 15.0 Å². The molecule has 0 aliphatic carbocycles. The van der Waals surface area contributed by atoms with Crippen molar-refractivity contribution in [2.45, 2.75) is 25.3 Å². The Hall–Kier alpha value is -1.31. The molecule has 0 amide bonds. The average Bonchev–Trinajstić information content (AvgIpc) is 2.38. The average molecular weight is 319 g/mol. The van der Waals surface area contributed by atoms with Gasteiger partial charge in [0.2, 0.25) is 0 Å². The number of aliphatic carboxylic acids is 1. The first kappa shape index (κ1) is 15.1. The second-order valence-electron chi connectivity index (χ2n) is 4.58. The standard InChI is InChI=1S/C12H15ClN2O4S/c13-9-4-3-5-10(8-9)14-20(18,19)15-7-2-1-6-11(15)12(16)17/h3-5,8,11,14H,1-2,6-7H2,(H,16,17). The molecule has 1 aliphatic rings. The first-order chi connectivity index (χ1) is 9.40. The lowest BCUT2D eigenvalue weighted by atomic mass is 10.1. The number of anilines is 1. The largest absolute Gasteiger partial charge is 0.480 e. The Bertz CT molecular complexity index is 605. The smallest absolute Gasteiger partial charge is 0.322 e. The van der Waals surface area contributed by atoms with Gasteiger partial charge in [0.05, 0.1) is 5.69 Å². The van der Waals surface area contributed by atoms with Crippen molar-refractivity contribution in [3.05, 3.63) is 29.3 Å². The molecule has 110 valence electrons. The summed E-state index contributed by atoms with van der Waals surface area (Å²) in [6, 6.07) is 5.26. The fraction of sp³-hybridized carbons (Fsp3) is 0.417. The van der Waals surface area contributed by atoms with Gasteiger partial charge in [0, 0.05) is 11.6 Å². The topological polar surface area (TPSA) is 86.7 Å². The number of halogens is 1. The Balaban J connectivity index is 2.22. The Morgan fingerprint density at radius 2 is 2.15 bits per heavy atom. The van der Waals surface area contributed by atoms with E-state index in [9.17, 15) is 13.2 Å². The van der Waals surface area contributed by atoms with Gasteiger partial charge in [-0.15, -0.1) is 0 Å².